The van der Waals surface area contributed by atoms with Crippen molar-refractivity contribution in [3.8, 4) is 5.75 Å². The molecule has 4 rings (SSSR count). The van der Waals surface area contributed by atoms with Crippen LogP contribution in [0, 0.1) is 6.92 Å². The van der Waals surface area contributed by atoms with E-state index in [1.165, 1.54) is 5.56 Å². The second-order valence-corrected chi connectivity index (χ2v) is 7.64. The summed E-state index contributed by atoms with van der Waals surface area (Å²) in [5.74, 6) is 0.916. The molecule has 2 heterocycles. The molecular formula is C18H17BrN2OS. The Balaban J connectivity index is 1.81. The number of halogens is 1. The van der Waals surface area contributed by atoms with Crippen molar-refractivity contribution < 1.29 is 4.74 Å². The highest BCUT2D eigenvalue weighted by atomic mass is 79.9. The number of thiocarbonyl (C=S) groups is 1. The number of ether oxygens (including phenoxy) is 1. The number of aryl methyl sites for hydroxylation is 1. The predicted molar refractivity (Wildman–Crippen MR) is 99.9 cm³/mol. The normalized spacial score (nSPS) is 25.4. The zero-order chi connectivity index (χ0) is 16.2. The average molecular weight is 389 g/mol. The van der Waals surface area contributed by atoms with Gasteiger partial charge in [-0.2, -0.15) is 0 Å². The van der Waals surface area contributed by atoms with Gasteiger partial charge >= 0.3 is 0 Å². The quantitative estimate of drug-likeness (QED) is 0.716. The first-order valence-corrected chi connectivity index (χ1v) is 8.82. The van der Waals surface area contributed by atoms with Crippen LogP contribution in [0.1, 0.15) is 30.5 Å². The highest BCUT2D eigenvalue weighted by molar-refractivity contribution is 9.10. The van der Waals surface area contributed by atoms with Crippen LogP contribution >= 0.6 is 28.1 Å². The predicted octanol–water partition coefficient (Wildman–Crippen LogP) is 4.69. The first-order valence-electron chi connectivity index (χ1n) is 7.62. The van der Waals surface area contributed by atoms with Crippen molar-refractivity contribution in [1.82, 2.24) is 5.32 Å². The molecule has 2 atom stereocenters. The highest BCUT2D eigenvalue weighted by Crippen LogP contribution is 2.46. The second-order valence-electron chi connectivity index (χ2n) is 6.34. The van der Waals surface area contributed by atoms with E-state index < -0.39 is 5.72 Å². The van der Waals surface area contributed by atoms with Crippen LogP contribution in [0.5, 0.6) is 5.75 Å². The molecule has 0 radical (unpaired) electrons. The van der Waals surface area contributed by atoms with Crippen LogP contribution in [0.25, 0.3) is 0 Å². The number of hydrogen-bond donors (Lipinski definition) is 1. The standard InChI is InChI=1S/C18H17BrN2OS/c1-11-4-3-5-13(8-11)21-17(23)20-15-10-18(21,2)22-16-7-6-12(19)9-14(15)16/h3-9,15H,10H2,1-2H3,(H,20,23)/t15-,18+/m1/s1. The van der Waals surface area contributed by atoms with Gasteiger partial charge in [0.05, 0.1) is 6.04 Å². The number of rotatable bonds is 1. The van der Waals surface area contributed by atoms with Crippen LogP contribution in [0.3, 0.4) is 0 Å². The van der Waals surface area contributed by atoms with Crippen LogP contribution in [-0.2, 0) is 0 Å². The molecule has 0 amide bonds. The van der Waals surface area contributed by atoms with Gasteiger partial charge in [-0.3, -0.25) is 4.90 Å². The van der Waals surface area contributed by atoms with E-state index in [0.29, 0.717) is 5.11 Å². The summed E-state index contributed by atoms with van der Waals surface area (Å²) in [7, 11) is 0. The maximum atomic E-state index is 6.40. The summed E-state index contributed by atoms with van der Waals surface area (Å²) in [6.07, 6.45) is 0.838. The number of nitrogens with zero attached hydrogens (tertiary/aromatic N) is 1. The fraction of sp³-hybridized carbons (Fsp3) is 0.278. The zero-order valence-electron chi connectivity index (χ0n) is 13.0. The lowest BCUT2D eigenvalue weighted by atomic mass is 9.90. The van der Waals surface area contributed by atoms with Crippen LogP contribution < -0.4 is 15.0 Å². The summed E-state index contributed by atoms with van der Waals surface area (Å²) >= 11 is 9.20. The third-order valence-corrected chi connectivity index (χ3v) is 5.29. The van der Waals surface area contributed by atoms with Gasteiger partial charge in [0.2, 0.25) is 0 Å². The Bertz CT molecular complexity index is 809. The van der Waals surface area contributed by atoms with Crippen molar-refractivity contribution >= 4 is 38.9 Å². The molecule has 2 aromatic rings. The van der Waals surface area contributed by atoms with Gasteiger partial charge in [-0.05, 0) is 62.0 Å². The summed E-state index contributed by atoms with van der Waals surface area (Å²) in [6, 6.07) is 14.7. The first kappa shape index (κ1) is 15.0. The maximum absolute atomic E-state index is 6.40. The Labute approximate surface area is 149 Å². The second kappa shape index (κ2) is 5.21. The Morgan fingerprint density at radius 2 is 2.13 bits per heavy atom. The lowest BCUT2D eigenvalue weighted by molar-refractivity contribution is 0.0497. The van der Waals surface area contributed by atoms with Gasteiger partial charge in [-0.1, -0.05) is 28.1 Å². The summed E-state index contributed by atoms with van der Waals surface area (Å²) in [6.45, 7) is 4.20. The minimum absolute atomic E-state index is 0.176. The minimum atomic E-state index is -0.485. The van der Waals surface area contributed by atoms with Crippen molar-refractivity contribution in [2.24, 2.45) is 0 Å². The largest absolute Gasteiger partial charge is 0.467 e. The molecule has 0 aromatic heterocycles. The molecule has 23 heavy (non-hydrogen) atoms. The molecular weight excluding hydrogens is 372 g/mol. The van der Waals surface area contributed by atoms with E-state index in [0.717, 1.165) is 27.9 Å². The molecule has 0 saturated carbocycles. The van der Waals surface area contributed by atoms with E-state index in [1.807, 2.05) is 12.1 Å². The molecule has 0 unspecified atom stereocenters. The maximum Gasteiger partial charge on any atom is 0.188 e. The molecule has 0 spiro atoms. The SMILES string of the molecule is Cc1cccc(N2C(=S)N[C@@H]3C[C@]2(C)Oc2ccc(Br)cc23)c1. The number of nitrogens with one attached hydrogen (secondary N) is 1. The molecule has 2 aliphatic heterocycles. The van der Waals surface area contributed by atoms with E-state index in [1.54, 1.807) is 0 Å². The fourth-order valence-corrected chi connectivity index (χ4v) is 4.32. The third-order valence-electron chi connectivity index (χ3n) is 4.49. The molecule has 118 valence electrons. The minimum Gasteiger partial charge on any atom is -0.467 e. The fourth-order valence-electron chi connectivity index (χ4n) is 3.50. The molecule has 1 N–H and O–H groups in total. The van der Waals surface area contributed by atoms with Crippen molar-refractivity contribution in [3.05, 3.63) is 58.1 Å². The summed E-state index contributed by atoms with van der Waals surface area (Å²) in [4.78, 5) is 2.09. The van der Waals surface area contributed by atoms with E-state index >= 15 is 0 Å². The van der Waals surface area contributed by atoms with Crippen molar-refractivity contribution in [2.75, 3.05) is 4.90 Å². The van der Waals surface area contributed by atoms with Gasteiger partial charge in [0.25, 0.3) is 0 Å². The number of anilines is 1. The van der Waals surface area contributed by atoms with Gasteiger partial charge in [0, 0.05) is 22.1 Å². The monoisotopic (exact) mass is 388 g/mol. The van der Waals surface area contributed by atoms with Crippen molar-refractivity contribution in [3.63, 3.8) is 0 Å². The number of benzene rings is 2. The molecule has 1 fully saturated rings. The van der Waals surface area contributed by atoms with Crippen LogP contribution in [-0.4, -0.2) is 10.8 Å². The Morgan fingerprint density at radius 1 is 1.30 bits per heavy atom. The first-order chi connectivity index (χ1) is 11.0. The highest BCUT2D eigenvalue weighted by Gasteiger charge is 2.48. The van der Waals surface area contributed by atoms with Crippen molar-refractivity contribution in [2.45, 2.75) is 32.0 Å². The number of fused-ring (bicyclic) bond motifs is 4. The molecule has 0 aliphatic carbocycles. The van der Waals surface area contributed by atoms with Crippen LogP contribution in [0.4, 0.5) is 5.69 Å². The third kappa shape index (κ3) is 2.42. The summed E-state index contributed by atoms with van der Waals surface area (Å²) < 4.78 is 7.45. The lowest BCUT2D eigenvalue weighted by Crippen LogP contribution is -2.65. The van der Waals surface area contributed by atoms with Crippen LogP contribution in [0.15, 0.2) is 46.9 Å². The molecule has 2 bridgehead atoms. The smallest absolute Gasteiger partial charge is 0.188 e. The van der Waals surface area contributed by atoms with Gasteiger partial charge < -0.3 is 10.1 Å². The average Bonchev–Trinajstić information content (AvgIpc) is 2.47. The van der Waals surface area contributed by atoms with Gasteiger partial charge in [0.1, 0.15) is 5.75 Å². The topological polar surface area (TPSA) is 24.5 Å². The lowest BCUT2D eigenvalue weighted by Gasteiger charge is -2.52. The van der Waals surface area contributed by atoms with Gasteiger partial charge in [-0.25, -0.2) is 0 Å². The van der Waals surface area contributed by atoms with Crippen molar-refractivity contribution in [1.29, 1.82) is 0 Å². The summed E-state index contributed by atoms with van der Waals surface area (Å²) in [5.41, 5.74) is 2.94. The van der Waals surface area contributed by atoms with Crippen LogP contribution in [0.2, 0.25) is 0 Å². The van der Waals surface area contributed by atoms with E-state index in [-0.39, 0.29) is 6.04 Å². The molecule has 2 aromatic carbocycles. The molecule has 5 heteroatoms. The van der Waals surface area contributed by atoms with E-state index in [2.05, 4.69) is 70.3 Å². The summed E-state index contributed by atoms with van der Waals surface area (Å²) in [5, 5.41) is 4.19. The van der Waals surface area contributed by atoms with E-state index in [4.69, 9.17) is 17.0 Å². The Kier molecular flexibility index (Phi) is 3.39. The van der Waals surface area contributed by atoms with Gasteiger partial charge in [-0.15, -0.1) is 0 Å². The molecule has 3 nitrogen and oxygen atoms in total. The molecule has 1 saturated heterocycles. The Hall–Kier alpha value is -1.59. The number of hydrogen-bond acceptors (Lipinski definition) is 2. The molecule has 2 aliphatic rings. The van der Waals surface area contributed by atoms with Gasteiger partial charge in [0.15, 0.2) is 10.8 Å². The van der Waals surface area contributed by atoms with E-state index in [9.17, 15) is 0 Å². The zero-order valence-corrected chi connectivity index (χ0v) is 15.4. The Morgan fingerprint density at radius 3 is 2.91 bits per heavy atom.